The van der Waals surface area contributed by atoms with Crippen molar-refractivity contribution < 1.29 is 13.2 Å². The summed E-state index contributed by atoms with van der Waals surface area (Å²) in [5, 5.41) is 8.10. The number of hydrogen-bond donors (Lipinski definition) is 1. The number of rotatable bonds is 4. The van der Waals surface area contributed by atoms with E-state index in [1.54, 1.807) is 21.8 Å². The molecule has 3 aromatic heterocycles. The molecule has 27 heavy (non-hydrogen) atoms. The van der Waals surface area contributed by atoms with Crippen LogP contribution in [0.5, 0.6) is 0 Å². The van der Waals surface area contributed by atoms with Crippen molar-refractivity contribution in [2.75, 3.05) is 5.73 Å². The third-order valence-corrected chi connectivity index (χ3v) is 3.97. The molecule has 8 nitrogen and oxygen atoms in total. The Labute approximate surface area is 150 Å². The first kappa shape index (κ1) is 16.9. The number of nitrogens with two attached hydrogens (primary N) is 1. The van der Waals surface area contributed by atoms with Crippen LogP contribution in [-0.4, -0.2) is 34.5 Å². The number of benzene rings is 1. The van der Waals surface area contributed by atoms with Gasteiger partial charge in [-0.1, -0.05) is 17.3 Å². The Morgan fingerprint density at radius 3 is 2.52 bits per heavy atom. The van der Waals surface area contributed by atoms with Gasteiger partial charge in [0.1, 0.15) is 17.5 Å². The van der Waals surface area contributed by atoms with E-state index in [-0.39, 0.29) is 0 Å². The fourth-order valence-corrected chi connectivity index (χ4v) is 2.66. The van der Waals surface area contributed by atoms with Crippen molar-refractivity contribution >= 4 is 17.0 Å². The van der Waals surface area contributed by atoms with Crippen LogP contribution in [0, 0.1) is 0 Å². The zero-order chi connectivity index (χ0) is 19.0. The Hall–Kier alpha value is -3.50. The summed E-state index contributed by atoms with van der Waals surface area (Å²) in [7, 11) is 0. The smallest absolute Gasteiger partial charge is 0.382 e. The number of nitrogens with zero attached hydrogens (tertiary/aromatic N) is 7. The lowest BCUT2D eigenvalue weighted by atomic mass is 10.1. The van der Waals surface area contributed by atoms with Gasteiger partial charge in [0.15, 0.2) is 11.5 Å². The van der Waals surface area contributed by atoms with Gasteiger partial charge in [-0.05, 0) is 17.7 Å². The molecule has 0 aliphatic heterocycles. The van der Waals surface area contributed by atoms with Crippen molar-refractivity contribution in [3.63, 3.8) is 0 Å². The van der Waals surface area contributed by atoms with Crippen LogP contribution in [-0.2, 0) is 19.3 Å². The molecule has 3 heterocycles. The predicted octanol–water partition coefficient (Wildman–Crippen LogP) is 2.12. The number of alkyl halides is 3. The summed E-state index contributed by atoms with van der Waals surface area (Å²) in [5.74, 6) is 0.296. The van der Waals surface area contributed by atoms with E-state index in [1.165, 1.54) is 18.5 Å². The van der Waals surface area contributed by atoms with Gasteiger partial charge in [0.2, 0.25) is 0 Å². The van der Waals surface area contributed by atoms with E-state index in [4.69, 9.17) is 5.73 Å². The molecule has 0 spiro atoms. The molecule has 0 bridgehead atoms. The number of halogens is 3. The molecule has 0 amide bonds. The Bertz CT molecular complexity index is 1080. The molecule has 0 saturated heterocycles. The van der Waals surface area contributed by atoms with Gasteiger partial charge < -0.3 is 10.3 Å². The minimum absolute atomic E-state index is 0.296. The van der Waals surface area contributed by atoms with Crippen molar-refractivity contribution in [2.24, 2.45) is 0 Å². The van der Waals surface area contributed by atoms with E-state index in [0.717, 1.165) is 12.1 Å². The maximum atomic E-state index is 12.6. The molecular weight excluding hydrogens is 361 g/mol. The van der Waals surface area contributed by atoms with Gasteiger partial charge in [0.05, 0.1) is 31.2 Å². The summed E-state index contributed by atoms with van der Waals surface area (Å²) >= 11 is 0. The topological polar surface area (TPSA) is 100 Å². The minimum Gasteiger partial charge on any atom is -0.382 e. The standard InChI is InChI=1S/C16H13F3N8/c17-16(18,19)11-3-1-10(2-4-11)5-27-7-12(24-25-27)6-26-9-23-13-14(20)21-8-22-15(13)26/h1-4,7-9H,5-6H2,(H2,20,21,22). The largest absolute Gasteiger partial charge is 0.416 e. The monoisotopic (exact) mass is 374 g/mol. The van der Waals surface area contributed by atoms with Crippen LogP contribution < -0.4 is 5.73 Å². The van der Waals surface area contributed by atoms with Crippen LogP contribution in [0.2, 0.25) is 0 Å². The van der Waals surface area contributed by atoms with Crippen LogP contribution >= 0.6 is 0 Å². The Morgan fingerprint density at radius 1 is 1.00 bits per heavy atom. The van der Waals surface area contributed by atoms with Crippen LogP contribution in [0.1, 0.15) is 16.8 Å². The fourth-order valence-electron chi connectivity index (χ4n) is 2.66. The maximum absolute atomic E-state index is 12.6. The summed E-state index contributed by atoms with van der Waals surface area (Å²) < 4.78 is 41.2. The van der Waals surface area contributed by atoms with Crippen molar-refractivity contribution in [1.29, 1.82) is 0 Å². The van der Waals surface area contributed by atoms with Crippen LogP contribution in [0.3, 0.4) is 0 Å². The fraction of sp³-hybridized carbons (Fsp3) is 0.188. The number of anilines is 1. The lowest BCUT2D eigenvalue weighted by molar-refractivity contribution is -0.137. The molecule has 0 radical (unpaired) electrons. The zero-order valence-electron chi connectivity index (χ0n) is 13.8. The SMILES string of the molecule is Nc1ncnc2c1ncn2Cc1cn(Cc2ccc(C(F)(F)F)cc2)nn1. The summed E-state index contributed by atoms with van der Waals surface area (Å²) in [4.78, 5) is 12.2. The first-order valence-electron chi connectivity index (χ1n) is 7.86. The highest BCUT2D eigenvalue weighted by Crippen LogP contribution is 2.29. The van der Waals surface area contributed by atoms with E-state index >= 15 is 0 Å². The van der Waals surface area contributed by atoms with E-state index in [2.05, 4.69) is 25.3 Å². The molecule has 0 unspecified atom stereocenters. The molecule has 0 aliphatic carbocycles. The van der Waals surface area contributed by atoms with E-state index < -0.39 is 11.7 Å². The highest BCUT2D eigenvalue weighted by molar-refractivity contribution is 5.81. The third kappa shape index (κ3) is 3.43. The van der Waals surface area contributed by atoms with Crippen LogP contribution in [0.25, 0.3) is 11.2 Å². The van der Waals surface area contributed by atoms with Gasteiger partial charge in [-0.15, -0.1) is 5.10 Å². The van der Waals surface area contributed by atoms with Crippen LogP contribution in [0.4, 0.5) is 19.0 Å². The molecule has 0 aliphatic rings. The van der Waals surface area contributed by atoms with E-state index in [1.807, 2.05) is 0 Å². The van der Waals surface area contributed by atoms with Gasteiger partial charge >= 0.3 is 6.18 Å². The molecule has 11 heteroatoms. The Morgan fingerprint density at radius 2 is 1.78 bits per heavy atom. The van der Waals surface area contributed by atoms with Crippen LogP contribution in [0.15, 0.2) is 43.1 Å². The van der Waals surface area contributed by atoms with Crippen molar-refractivity contribution in [2.45, 2.75) is 19.3 Å². The summed E-state index contributed by atoms with van der Waals surface area (Å²) in [6, 6.07) is 4.95. The molecule has 4 rings (SSSR count). The second-order valence-electron chi connectivity index (χ2n) is 5.91. The normalized spacial score (nSPS) is 12.0. The average molecular weight is 374 g/mol. The van der Waals surface area contributed by atoms with Gasteiger partial charge in [-0.25, -0.2) is 19.6 Å². The zero-order valence-corrected chi connectivity index (χ0v) is 13.8. The number of aromatic nitrogens is 7. The number of nitrogen functional groups attached to an aromatic ring is 1. The molecular formula is C16H13F3N8. The molecule has 1 aromatic carbocycles. The molecule has 0 fully saturated rings. The summed E-state index contributed by atoms with van der Waals surface area (Å²) in [6.45, 7) is 0.685. The molecule has 138 valence electrons. The first-order valence-corrected chi connectivity index (χ1v) is 7.86. The molecule has 0 atom stereocenters. The number of fused-ring (bicyclic) bond motifs is 1. The second-order valence-corrected chi connectivity index (χ2v) is 5.91. The van der Waals surface area contributed by atoms with Gasteiger partial charge in [0, 0.05) is 0 Å². The maximum Gasteiger partial charge on any atom is 0.416 e. The van der Waals surface area contributed by atoms with E-state index in [9.17, 15) is 13.2 Å². The highest BCUT2D eigenvalue weighted by Gasteiger charge is 2.29. The Kier molecular flexibility index (Phi) is 3.98. The van der Waals surface area contributed by atoms with Gasteiger partial charge in [0.25, 0.3) is 0 Å². The number of imidazole rings is 1. The van der Waals surface area contributed by atoms with Crippen molar-refractivity contribution in [3.8, 4) is 0 Å². The minimum atomic E-state index is -4.35. The highest BCUT2D eigenvalue weighted by atomic mass is 19.4. The average Bonchev–Trinajstić information content (AvgIpc) is 3.23. The van der Waals surface area contributed by atoms with Gasteiger partial charge in [-0.3, -0.25) is 0 Å². The third-order valence-electron chi connectivity index (χ3n) is 3.97. The molecule has 4 aromatic rings. The molecule has 0 saturated carbocycles. The van der Waals surface area contributed by atoms with Gasteiger partial charge in [-0.2, -0.15) is 13.2 Å². The summed E-state index contributed by atoms with van der Waals surface area (Å²) in [5.41, 5.74) is 7.51. The lowest BCUT2D eigenvalue weighted by Crippen LogP contribution is -2.06. The quantitative estimate of drug-likeness (QED) is 0.587. The van der Waals surface area contributed by atoms with E-state index in [0.29, 0.717) is 41.3 Å². The first-order chi connectivity index (χ1) is 12.9. The number of hydrogen-bond acceptors (Lipinski definition) is 6. The predicted molar refractivity (Wildman–Crippen MR) is 89.4 cm³/mol. The molecule has 2 N–H and O–H groups in total. The van der Waals surface area contributed by atoms with Crippen molar-refractivity contribution in [3.05, 3.63) is 59.9 Å². The second kappa shape index (κ2) is 6.34. The lowest BCUT2D eigenvalue weighted by Gasteiger charge is -2.07. The van der Waals surface area contributed by atoms with Crippen molar-refractivity contribution in [1.82, 2.24) is 34.5 Å². The Balaban J connectivity index is 1.49. The summed E-state index contributed by atoms with van der Waals surface area (Å²) in [6.07, 6.45) is 0.315.